The van der Waals surface area contributed by atoms with Crippen molar-refractivity contribution in [2.45, 2.75) is 37.2 Å². The quantitative estimate of drug-likeness (QED) is 0.692. The largest absolute Gasteiger partial charge is 0.329 e. The molecule has 2 heterocycles. The number of aromatic amines is 1. The highest BCUT2D eigenvalue weighted by Crippen LogP contribution is 2.27. The second kappa shape index (κ2) is 7.09. The fourth-order valence-corrected chi connectivity index (χ4v) is 3.56. The Hall–Kier alpha value is -1.99. The van der Waals surface area contributed by atoms with Crippen molar-refractivity contribution in [1.82, 2.24) is 19.1 Å². The minimum absolute atomic E-state index is 0.344. The smallest absolute Gasteiger partial charge is 0.309 e. The predicted octanol–water partition coefficient (Wildman–Crippen LogP) is 3.02. The van der Waals surface area contributed by atoms with Gasteiger partial charge >= 0.3 is 5.69 Å². The number of fused-ring (bicyclic) bond motifs is 1. The summed E-state index contributed by atoms with van der Waals surface area (Å²) in [7, 11) is 1.61. The van der Waals surface area contributed by atoms with E-state index in [-0.39, 0.29) is 0 Å². The monoisotopic (exact) mass is 378 g/mol. The number of aryl methyl sites for hydroxylation is 1. The van der Waals surface area contributed by atoms with E-state index in [2.05, 4.69) is 23.8 Å². The Labute approximate surface area is 153 Å². The number of aromatic nitrogens is 4. The predicted molar refractivity (Wildman–Crippen MR) is 102 cm³/mol. The molecular formula is C17H19ClN4O2S. The number of hydrogen-bond donors (Lipinski definition) is 1. The number of nitrogens with zero attached hydrogens (tertiary/aromatic N) is 3. The number of hydrogen-bond acceptors (Lipinski definition) is 4. The molecule has 3 aromatic rings. The first-order chi connectivity index (χ1) is 11.9. The number of nitrogens with one attached hydrogen (secondary N) is 1. The molecule has 2 aromatic heterocycles. The highest BCUT2D eigenvalue weighted by Gasteiger charge is 2.19. The second-order valence-corrected chi connectivity index (χ2v) is 7.78. The summed E-state index contributed by atoms with van der Waals surface area (Å²) in [5.41, 5.74) is 0.920. The Morgan fingerprint density at radius 1 is 1.28 bits per heavy atom. The number of halogens is 1. The summed E-state index contributed by atoms with van der Waals surface area (Å²) in [4.78, 5) is 31.2. The third kappa shape index (κ3) is 3.52. The van der Waals surface area contributed by atoms with Crippen LogP contribution in [0.25, 0.3) is 11.2 Å². The van der Waals surface area contributed by atoms with Crippen molar-refractivity contribution in [2.24, 2.45) is 7.05 Å². The Balaban J connectivity index is 2.20. The SMILES string of the molecule is CC[C@H](C)Sc1nc2c(c(=O)[nH]c(=O)n2C)n1Cc1ccc(Cl)cc1. The van der Waals surface area contributed by atoms with Gasteiger partial charge in [0.05, 0.1) is 6.54 Å². The highest BCUT2D eigenvalue weighted by molar-refractivity contribution is 7.99. The van der Waals surface area contributed by atoms with E-state index >= 15 is 0 Å². The van der Waals surface area contributed by atoms with Gasteiger partial charge in [0.15, 0.2) is 16.3 Å². The zero-order chi connectivity index (χ0) is 18.1. The highest BCUT2D eigenvalue weighted by atomic mass is 35.5. The third-order valence-corrected chi connectivity index (χ3v) is 5.62. The molecule has 0 saturated heterocycles. The molecule has 25 heavy (non-hydrogen) atoms. The van der Waals surface area contributed by atoms with Crippen LogP contribution in [0.1, 0.15) is 25.8 Å². The van der Waals surface area contributed by atoms with Crippen molar-refractivity contribution in [3.05, 3.63) is 55.7 Å². The van der Waals surface area contributed by atoms with E-state index in [0.29, 0.717) is 28.0 Å². The number of imidazole rings is 1. The van der Waals surface area contributed by atoms with E-state index in [9.17, 15) is 9.59 Å². The molecular weight excluding hydrogens is 360 g/mol. The Bertz CT molecular complexity index is 1020. The number of benzene rings is 1. The summed E-state index contributed by atoms with van der Waals surface area (Å²) in [5, 5.41) is 1.73. The van der Waals surface area contributed by atoms with Crippen molar-refractivity contribution in [3.8, 4) is 0 Å². The van der Waals surface area contributed by atoms with Gasteiger partial charge in [-0.3, -0.25) is 14.3 Å². The maximum Gasteiger partial charge on any atom is 0.329 e. The molecule has 0 spiro atoms. The average molecular weight is 379 g/mol. The number of H-pyrrole nitrogens is 1. The number of rotatable bonds is 5. The van der Waals surface area contributed by atoms with Crippen LogP contribution in [-0.2, 0) is 13.6 Å². The van der Waals surface area contributed by atoms with Gasteiger partial charge < -0.3 is 4.57 Å². The van der Waals surface area contributed by atoms with Crippen LogP contribution in [0.4, 0.5) is 0 Å². The van der Waals surface area contributed by atoms with Crippen LogP contribution < -0.4 is 11.2 Å². The lowest BCUT2D eigenvalue weighted by Gasteiger charge is -2.11. The van der Waals surface area contributed by atoms with Gasteiger partial charge in [0.25, 0.3) is 5.56 Å². The summed E-state index contributed by atoms with van der Waals surface area (Å²) in [6.45, 7) is 4.69. The summed E-state index contributed by atoms with van der Waals surface area (Å²) >= 11 is 7.55. The lowest BCUT2D eigenvalue weighted by Crippen LogP contribution is -2.29. The molecule has 8 heteroatoms. The average Bonchev–Trinajstić information content (AvgIpc) is 2.93. The lowest BCUT2D eigenvalue weighted by molar-refractivity contribution is 0.723. The summed E-state index contributed by atoms with van der Waals surface area (Å²) < 4.78 is 3.24. The molecule has 6 nitrogen and oxygen atoms in total. The van der Waals surface area contributed by atoms with Gasteiger partial charge in [0, 0.05) is 17.3 Å². The van der Waals surface area contributed by atoms with Crippen molar-refractivity contribution in [3.63, 3.8) is 0 Å². The van der Waals surface area contributed by atoms with Crippen molar-refractivity contribution in [1.29, 1.82) is 0 Å². The minimum atomic E-state index is -0.464. The molecule has 1 N–H and O–H groups in total. The van der Waals surface area contributed by atoms with Gasteiger partial charge in [-0.25, -0.2) is 9.78 Å². The summed E-state index contributed by atoms with van der Waals surface area (Å²) in [5.74, 6) is 0. The van der Waals surface area contributed by atoms with E-state index in [0.717, 1.165) is 17.1 Å². The molecule has 0 radical (unpaired) electrons. The van der Waals surface area contributed by atoms with E-state index in [1.807, 2.05) is 28.8 Å². The molecule has 1 atom stereocenters. The lowest BCUT2D eigenvalue weighted by atomic mass is 10.2. The minimum Gasteiger partial charge on any atom is -0.309 e. The molecule has 0 aliphatic carbocycles. The van der Waals surface area contributed by atoms with E-state index < -0.39 is 11.2 Å². The Morgan fingerprint density at radius 2 is 1.96 bits per heavy atom. The fraction of sp³-hybridized carbons (Fsp3) is 0.353. The first-order valence-corrected chi connectivity index (χ1v) is 9.27. The maximum absolute atomic E-state index is 12.4. The van der Waals surface area contributed by atoms with E-state index in [4.69, 9.17) is 11.6 Å². The van der Waals surface area contributed by atoms with E-state index in [1.165, 1.54) is 4.57 Å². The van der Waals surface area contributed by atoms with Gasteiger partial charge in [-0.1, -0.05) is 49.3 Å². The first kappa shape index (κ1) is 17.8. The van der Waals surface area contributed by atoms with Crippen molar-refractivity contribution in [2.75, 3.05) is 0 Å². The molecule has 1 aromatic carbocycles. The molecule has 3 rings (SSSR count). The summed E-state index contributed by atoms with van der Waals surface area (Å²) in [6.07, 6.45) is 0.976. The van der Waals surface area contributed by atoms with Crippen LogP contribution in [0.2, 0.25) is 5.02 Å². The van der Waals surface area contributed by atoms with Crippen LogP contribution >= 0.6 is 23.4 Å². The van der Waals surface area contributed by atoms with Gasteiger partial charge in [-0.2, -0.15) is 0 Å². The third-order valence-electron chi connectivity index (χ3n) is 4.11. The first-order valence-electron chi connectivity index (χ1n) is 8.01. The van der Waals surface area contributed by atoms with Gasteiger partial charge in [-0.05, 0) is 24.1 Å². The van der Waals surface area contributed by atoms with Gasteiger partial charge in [0.1, 0.15) is 0 Å². The van der Waals surface area contributed by atoms with E-state index in [1.54, 1.807) is 18.8 Å². The number of thioether (sulfide) groups is 1. The fourth-order valence-electron chi connectivity index (χ4n) is 2.49. The molecule has 0 amide bonds. The second-order valence-electron chi connectivity index (χ2n) is 5.93. The summed E-state index contributed by atoms with van der Waals surface area (Å²) in [6, 6.07) is 7.47. The zero-order valence-electron chi connectivity index (χ0n) is 14.2. The zero-order valence-corrected chi connectivity index (χ0v) is 15.8. The normalized spacial score (nSPS) is 12.6. The van der Waals surface area contributed by atoms with Gasteiger partial charge in [-0.15, -0.1) is 0 Å². The van der Waals surface area contributed by atoms with Crippen molar-refractivity contribution < 1.29 is 0 Å². The standard InChI is InChI=1S/C17H19ClN4O2S/c1-4-10(2)25-17-19-14-13(15(23)20-16(24)21(14)3)22(17)9-11-5-7-12(18)8-6-11/h5-8,10H,4,9H2,1-3H3,(H,20,23,24)/t10-/m0/s1. The topological polar surface area (TPSA) is 72.7 Å². The Kier molecular flexibility index (Phi) is 5.06. The van der Waals surface area contributed by atoms with Crippen LogP contribution in [0, 0.1) is 0 Å². The van der Waals surface area contributed by atoms with Crippen LogP contribution in [0.15, 0.2) is 39.0 Å². The molecule has 0 aliphatic rings. The Morgan fingerprint density at radius 3 is 2.60 bits per heavy atom. The van der Waals surface area contributed by atoms with Crippen LogP contribution in [-0.4, -0.2) is 24.4 Å². The molecule has 0 unspecified atom stereocenters. The molecule has 0 bridgehead atoms. The van der Waals surface area contributed by atoms with Gasteiger partial charge in [0.2, 0.25) is 0 Å². The molecule has 132 valence electrons. The van der Waals surface area contributed by atoms with Crippen LogP contribution in [0.5, 0.6) is 0 Å². The molecule has 0 fully saturated rings. The van der Waals surface area contributed by atoms with Crippen molar-refractivity contribution >= 4 is 34.5 Å². The molecule has 0 saturated carbocycles. The maximum atomic E-state index is 12.4. The van der Waals surface area contributed by atoms with Crippen LogP contribution in [0.3, 0.4) is 0 Å². The molecule has 0 aliphatic heterocycles.